The molecular formula is C11H25NO4S. The highest BCUT2D eigenvalue weighted by Gasteiger charge is 2.28. The van der Waals surface area contributed by atoms with E-state index in [0.717, 1.165) is 6.42 Å². The van der Waals surface area contributed by atoms with Crippen LogP contribution in [0.5, 0.6) is 0 Å². The summed E-state index contributed by atoms with van der Waals surface area (Å²) in [5.74, 6) is -0.138. The number of nitrogens with two attached hydrogens (primary N) is 1. The van der Waals surface area contributed by atoms with E-state index in [0.29, 0.717) is 19.8 Å². The van der Waals surface area contributed by atoms with Gasteiger partial charge in [-0.25, -0.2) is 13.6 Å². The quantitative estimate of drug-likeness (QED) is 0.665. The molecule has 0 aromatic rings. The van der Waals surface area contributed by atoms with Gasteiger partial charge in [0.25, 0.3) is 0 Å². The zero-order valence-corrected chi connectivity index (χ0v) is 12.0. The second kappa shape index (κ2) is 7.31. The molecule has 0 radical (unpaired) electrons. The first kappa shape index (κ1) is 16.8. The minimum atomic E-state index is -3.46. The standard InChI is InChI=1S/C11H25NO4S/c1-11(2,3)10(9-17(12,13)14)8-16-7-5-6-15-4/h10H,5-9H2,1-4H3,(H2,12,13,14). The zero-order valence-electron chi connectivity index (χ0n) is 11.2. The van der Waals surface area contributed by atoms with Crippen molar-refractivity contribution in [1.82, 2.24) is 0 Å². The van der Waals surface area contributed by atoms with Gasteiger partial charge in [-0.05, 0) is 11.8 Å². The first-order valence-electron chi connectivity index (χ1n) is 5.74. The number of hydrogen-bond donors (Lipinski definition) is 1. The van der Waals surface area contributed by atoms with Crippen molar-refractivity contribution >= 4 is 10.0 Å². The lowest BCUT2D eigenvalue weighted by molar-refractivity contribution is 0.0527. The molecule has 0 spiro atoms. The fraction of sp³-hybridized carbons (Fsp3) is 1.00. The number of sulfonamides is 1. The Balaban J connectivity index is 4.14. The molecule has 0 rings (SSSR count). The molecule has 5 nitrogen and oxygen atoms in total. The summed E-state index contributed by atoms with van der Waals surface area (Å²) in [6.45, 7) is 7.59. The van der Waals surface area contributed by atoms with E-state index in [-0.39, 0.29) is 17.1 Å². The maximum absolute atomic E-state index is 11.1. The van der Waals surface area contributed by atoms with Crippen LogP contribution in [0, 0.1) is 11.3 Å². The van der Waals surface area contributed by atoms with Crippen LogP contribution in [0.25, 0.3) is 0 Å². The van der Waals surface area contributed by atoms with E-state index < -0.39 is 10.0 Å². The van der Waals surface area contributed by atoms with Gasteiger partial charge in [-0.1, -0.05) is 20.8 Å². The lowest BCUT2D eigenvalue weighted by Crippen LogP contribution is -2.34. The Labute approximate surface area is 105 Å². The topological polar surface area (TPSA) is 78.6 Å². The molecule has 0 aromatic heterocycles. The smallest absolute Gasteiger partial charge is 0.209 e. The van der Waals surface area contributed by atoms with Crippen LogP contribution in [0.2, 0.25) is 0 Å². The largest absolute Gasteiger partial charge is 0.385 e. The summed E-state index contributed by atoms with van der Waals surface area (Å²) in [5.41, 5.74) is -0.145. The Hall–Kier alpha value is -0.170. The Kier molecular flexibility index (Phi) is 7.23. The van der Waals surface area contributed by atoms with Crippen molar-refractivity contribution in [2.24, 2.45) is 16.5 Å². The molecule has 104 valence electrons. The van der Waals surface area contributed by atoms with Gasteiger partial charge in [0.1, 0.15) is 0 Å². The SMILES string of the molecule is COCCCOCC(CS(N)(=O)=O)C(C)(C)C. The van der Waals surface area contributed by atoms with E-state index in [4.69, 9.17) is 14.6 Å². The van der Waals surface area contributed by atoms with E-state index >= 15 is 0 Å². The third kappa shape index (κ3) is 9.52. The first-order chi connectivity index (χ1) is 7.67. The summed E-state index contributed by atoms with van der Waals surface area (Å²) < 4.78 is 32.6. The molecular weight excluding hydrogens is 242 g/mol. The first-order valence-corrected chi connectivity index (χ1v) is 7.45. The fourth-order valence-corrected chi connectivity index (χ4v) is 2.52. The van der Waals surface area contributed by atoms with Crippen molar-refractivity contribution in [2.45, 2.75) is 27.2 Å². The molecule has 1 unspecified atom stereocenters. The molecule has 0 aliphatic heterocycles. The second-order valence-corrected chi connectivity index (χ2v) is 6.97. The van der Waals surface area contributed by atoms with Gasteiger partial charge in [-0.2, -0.15) is 0 Å². The van der Waals surface area contributed by atoms with Crippen LogP contribution in [-0.4, -0.2) is 41.1 Å². The van der Waals surface area contributed by atoms with Crippen molar-refractivity contribution in [3.8, 4) is 0 Å². The number of primary sulfonamides is 1. The van der Waals surface area contributed by atoms with Gasteiger partial charge in [-0.3, -0.25) is 0 Å². The van der Waals surface area contributed by atoms with Crippen LogP contribution < -0.4 is 5.14 Å². The Morgan fingerprint density at radius 3 is 2.24 bits per heavy atom. The van der Waals surface area contributed by atoms with E-state index in [1.54, 1.807) is 7.11 Å². The fourth-order valence-electron chi connectivity index (χ4n) is 1.36. The highest BCUT2D eigenvalue weighted by atomic mass is 32.2. The molecule has 0 fully saturated rings. The zero-order chi connectivity index (χ0) is 13.5. The summed E-state index contributed by atoms with van der Waals surface area (Å²) in [6.07, 6.45) is 0.808. The highest BCUT2D eigenvalue weighted by molar-refractivity contribution is 7.89. The van der Waals surface area contributed by atoms with Crippen LogP contribution in [0.1, 0.15) is 27.2 Å². The molecule has 6 heteroatoms. The molecule has 0 saturated heterocycles. The minimum absolute atomic E-state index is 0.0409. The average Bonchev–Trinajstić information content (AvgIpc) is 2.12. The third-order valence-corrected chi connectivity index (χ3v) is 3.48. The van der Waals surface area contributed by atoms with E-state index in [9.17, 15) is 8.42 Å². The van der Waals surface area contributed by atoms with Gasteiger partial charge >= 0.3 is 0 Å². The van der Waals surface area contributed by atoms with E-state index in [1.165, 1.54) is 0 Å². The maximum atomic E-state index is 11.1. The number of methoxy groups -OCH3 is 1. The summed E-state index contributed by atoms with van der Waals surface area (Å²) >= 11 is 0. The predicted molar refractivity (Wildman–Crippen MR) is 68.2 cm³/mol. The molecule has 0 aliphatic rings. The molecule has 0 saturated carbocycles. The van der Waals surface area contributed by atoms with E-state index in [1.807, 2.05) is 20.8 Å². The van der Waals surface area contributed by atoms with Crippen molar-refractivity contribution < 1.29 is 17.9 Å². The number of ether oxygens (including phenoxy) is 2. The van der Waals surface area contributed by atoms with E-state index in [2.05, 4.69) is 0 Å². The number of rotatable bonds is 8. The maximum Gasteiger partial charge on any atom is 0.209 e. The van der Waals surface area contributed by atoms with Gasteiger partial charge < -0.3 is 9.47 Å². The van der Waals surface area contributed by atoms with Crippen molar-refractivity contribution in [2.75, 3.05) is 32.7 Å². The molecule has 2 N–H and O–H groups in total. The lowest BCUT2D eigenvalue weighted by Gasteiger charge is -2.29. The predicted octanol–water partition coefficient (Wildman–Crippen LogP) is 0.990. The molecule has 0 aliphatic carbocycles. The molecule has 0 bridgehead atoms. The van der Waals surface area contributed by atoms with Gasteiger partial charge in [0.05, 0.1) is 12.4 Å². The number of hydrogen-bond acceptors (Lipinski definition) is 4. The van der Waals surface area contributed by atoms with Crippen molar-refractivity contribution in [3.05, 3.63) is 0 Å². The highest BCUT2D eigenvalue weighted by Crippen LogP contribution is 2.27. The Bertz CT molecular complexity index is 295. The van der Waals surface area contributed by atoms with Gasteiger partial charge in [0, 0.05) is 26.2 Å². The molecule has 17 heavy (non-hydrogen) atoms. The van der Waals surface area contributed by atoms with Crippen LogP contribution in [0.15, 0.2) is 0 Å². The minimum Gasteiger partial charge on any atom is -0.385 e. The van der Waals surface area contributed by atoms with Crippen molar-refractivity contribution in [3.63, 3.8) is 0 Å². The van der Waals surface area contributed by atoms with Crippen molar-refractivity contribution in [1.29, 1.82) is 0 Å². The van der Waals surface area contributed by atoms with Gasteiger partial charge in [0.2, 0.25) is 10.0 Å². The summed E-state index contributed by atoms with van der Waals surface area (Å²) in [5, 5.41) is 5.08. The average molecular weight is 267 g/mol. The van der Waals surface area contributed by atoms with Crippen LogP contribution in [-0.2, 0) is 19.5 Å². The Morgan fingerprint density at radius 2 is 1.82 bits per heavy atom. The normalized spacial score (nSPS) is 14.9. The van der Waals surface area contributed by atoms with Gasteiger partial charge in [-0.15, -0.1) is 0 Å². The summed E-state index contributed by atoms with van der Waals surface area (Å²) in [6, 6.07) is 0. The molecule has 0 aromatic carbocycles. The van der Waals surface area contributed by atoms with Crippen LogP contribution >= 0.6 is 0 Å². The second-order valence-electron chi connectivity index (χ2n) is 5.31. The molecule has 0 heterocycles. The lowest BCUT2D eigenvalue weighted by atomic mass is 9.82. The Morgan fingerprint density at radius 1 is 1.24 bits per heavy atom. The summed E-state index contributed by atoms with van der Waals surface area (Å²) in [4.78, 5) is 0. The van der Waals surface area contributed by atoms with Gasteiger partial charge in [0.15, 0.2) is 0 Å². The summed E-state index contributed by atoms with van der Waals surface area (Å²) in [7, 11) is -1.82. The van der Waals surface area contributed by atoms with Crippen LogP contribution in [0.3, 0.4) is 0 Å². The molecule has 0 amide bonds. The van der Waals surface area contributed by atoms with Crippen LogP contribution in [0.4, 0.5) is 0 Å². The molecule has 1 atom stereocenters. The third-order valence-electron chi connectivity index (χ3n) is 2.61. The monoisotopic (exact) mass is 267 g/mol.